The van der Waals surface area contributed by atoms with E-state index >= 15 is 0 Å². The molecular weight excluding hydrogens is 393 g/mol. The zero-order valence-electron chi connectivity index (χ0n) is 15.7. The van der Waals surface area contributed by atoms with Gasteiger partial charge in [-0.15, -0.1) is 0 Å². The van der Waals surface area contributed by atoms with Crippen LogP contribution in [0.3, 0.4) is 0 Å². The third-order valence-electron chi connectivity index (χ3n) is 5.01. The molecule has 0 spiro atoms. The molecule has 0 aromatic heterocycles. The summed E-state index contributed by atoms with van der Waals surface area (Å²) in [5.41, 5.74) is 0.484. The van der Waals surface area contributed by atoms with Gasteiger partial charge in [0, 0.05) is 17.7 Å². The van der Waals surface area contributed by atoms with Gasteiger partial charge >= 0.3 is 6.18 Å². The number of fused-ring (bicyclic) bond motifs is 1. The van der Waals surface area contributed by atoms with Crippen molar-refractivity contribution in [3.63, 3.8) is 0 Å². The van der Waals surface area contributed by atoms with E-state index in [0.29, 0.717) is 11.3 Å². The van der Waals surface area contributed by atoms with Crippen molar-refractivity contribution in [2.75, 3.05) is 10.2 Å². The van der Waals surface area contributed by atoms with Crippen LogP contribution in [-0.2, 0) is 17.4 Å². The molecule has 0 fully saturated rings. The Morgan fingerprint density at radius 2 is 1.50 bits per heavy atom. The molecule has 0 radical (unpaired) electrons. The lowest BCUT2D eigenvalue weighted by Crippen LogP contribution is -2.45. The van der Waals surface area contributed by atoms with Gasteiger partial charge in [-0.05, 0) is 35.9 Å². The highest BCUT2D eigenvalue weighted by atomic mass is 19.4. The van der Waals surface area contributed by atoms with E-state index < -0.39 is 23.7 Å². The van der Waals surface area contributed by atoms with E-state index in [9.17, 15) is 22.8 Å². The summed E-state index contributed by atoms with van der Waals surface area (Å²) in [5, 5.41) is 2.38. The second-order valence-corrected chi connectivity index (χ2v) is 6.92. The number of para-hydroxylation sites is 2. The van der Waals surface area contributed by atoms with Crippen LogP contribution >= 0.6 is 0 Å². The van der Waals surface area contributed by atoms with Gasteiger partial charge in [-0.3, -0.25) is 14.5 Å². The Hall–Kier alpha value is -3.61. The fraction of sp³-hybridized carbons (Fsp3) is 0.130. The van der Waals surface area contributed by atoms with Crippen LogP contribution in [0, 0.1) is 0 Å². The smallest absolute Gasteiger partial charge is 0.324 e. The standard InChI is InChI=1S/C23H17F3N2O2/c24-23(25,26)17-11-5-6-12-18(17)27-21(29)20-14-16-10-4-7-13-19(16)28(20)22(30)15-8-2-1-3-9-15/h1-13,20H,14H2,(H,27,29)/t20-/m1/s1. The monoisotopic (exact) mass is 410 g/mol. The SMILES string of the molecule is O=C(Nc1ccccc1C(F)(F)F)[C@H]1Cc2ccccc2N1C(=O)c1ccccc1. The average molecular weight is 410 g/mol. The van der Waals surface area contributed by atoms with Crippen molar-refractivity contribution in [2.45, 2.75) is 18.6 Å². The molecule has 4 nitrogen and oxygen atoms in total. The average Bonchev–Trinajstić information content (AvgIpc) is 3.13. The van der Waals surface area contributed by atoms with Gasteiger partial charge in [0.1, 0.15) is 6.04 Å². The van der Waals surface area contributed by atoms with Crippen LogP contribution in [0.25, 0.3) is 0 Å². The maximum Gasteiger partial charge on any atom is 0.418 e. The number of hydrogen-bond donors (Lipinski definition) is 1. The first kappa shape index (κ1) is 19.7. The van der Waals surface area contributed by atoms with E-state index in [-0.39, 0.29) is 18.0 Å². The Labute approximate surface area is 170 Å². The van der Waals surface area contributed by atoms with E-state index in [1.807, 2.05) is 0 Å². The van der Waals surface area contributed by atoms with Crippen LogP contribution in [-0.4, -0.2) is 17.9 Å². The van der Waals surface area contributed by atoms with Crippen molar-refractivity contribution in [3.05, 3.63) is 95.6 Å². The van der Waals surface area contributed by atoms with Crippen molar-refractivity contribution >= 4 is 23.2 Å². The molecule has 0 bridgehead atoms. The number of anilines is 2. The van der Waals surface area contributed by atoms with E-state index in [1.165, 1.54) is 23.1 Å². The van der Waals surface area contributed by atoms with Crippen LogP contribution in [0.15, 0.2) is 78.9 Å². The minimum absolute atomic E-state index is 0.217. The summed E-state index contributed by atoms with van der Waals surface area (Å²) in [6.45, 7) is 0. The first-order chi connectivity index (χ1) is 14.4. The summed E-state index contributed by atoms with van der Waals surface area (Å²) in [4.78, 5) is 27.6. The van der Waals surface area contributed by atoms with E-state index in [1.54, 1.807) is 54.6 Å². The van der Waals surface area contributed by atoms with Crippen LogP contribution in [0.5, 0.6) is 0 Å². The number of carbonyl (C=O) groups excluding carboxylic acids is 2. The summed E-state index contributed by atoms with van der Waals surface area (Å²) in [5.74, 6) is -1.06. The zero-order chi connectivity index (χ0) is 21.3. The third-order valence-corrected chi connectivity index (χ3v) is 5.01. The molecule has 3 aromatic carbocycles. The molecule has 2 amide bonds. The van der Waals surface area contributed by atoms with E-state index in [2.05, 4.69) is 5.32 Å². The Kier molecular flexibility index (Phi) is 5.03. The van der Waals surface area contributed by atoms with Crippen LogP contribution in [0.2, 0.25) is 0 Å². The van der Waals surface area contributed by atoms with Crippen molar-refractivity contribution < 1.29 is 22.8 Å². The summed E-state index contributed by atoms with van der Waals surface area (Å²) in [6.07, 6.45) is -4.39. The molecule has 1 atom stereocenters. The lowest BCUT2D eigenvalue weighted by molar-refractivity contribution is -0.137. The molecule has 1 aliphatic heterocycles. The van der Waals surface area contributed by atoms with Crippen LogP contribution in [0.4, 0.5) is 24.5 Å². The second kappa shape index (κ2) is 7.67. The number of alkyl halides is 3. The number of amides is 2. The summed E-state index contributed by atoms with van der Waals surface area (Å²) < 4.78 is 39.9. The van der Waals surface area contributed by atoms with Gasteiger partial charge in [-0.1, -0.05) is 48.5 Å². The lowest BCUT2D eigenvalue weighted by Gasteiger charge is -2.25. The van der Waals surface area contributed by atoms with E-state index in [4.69, 9.17) is 0 Å². The predicted octanol–water partition coefficient (Wildman–Crippen LogP) is 4.92. The van der Waals surface area contributed by atoms with Gasteiger partial charge in [0.05, 0.1) is 11.3 Å². The molecule has 152 valence electrons. The normalized spacial score (nSPS) is 15.6. The number of carbonyl (C=O) groups is 2. The number of halogens is 3. The van der Waals surface area contributed by atoms with E-state index in [0.717, 1.165) is 11.6 Å². The Balaban J connectivity index is 1.68. The minimum Gasteiger partial charge on any atom is -0.324 e. The van der Waals surface area contributed by atoms with Gasteiger partial charge in [-0.2, -0.15) is 13.2 Å². The lowest BCUT2D eigenvalue weighted by atomic mass is 10.1. The quantitative estimate of drug-likeness (QED) is 0.667. The number of hydrogen-bond acceptors (Lipinski definition) is 2. The molecule has 4 rings (SSSR count). The first-order valence-corrected chi connectivity index (χ1v) is 9.30. The summed E-state index contributed by atoms with van der Waals surface area (Å²) in [7, 11) is 0. The minimum atomic E-state index is -4.61. The van der Waals surface area contributed by atoms with Crippen molar-refractivity contribution in [1.82, 2.24) is 0 Å². The Morgan fingerprint density at radius 1 is 0.867 bits per heavy atom. The molecule has 30 heavy (non-hydrogen) atoms. The summed E-state index contributed by atoms with van der Waals surface area (Å²) >= 11 is 0. The maximum absolute atomic E-state index is 13.3. The molecule has 0 saturated heterocycles. The predicted molar refractivity (Wildman–Crippen MR) is 107 cm³/mol. The third kappa shape index (κ3) is 3.66. The van der Waals surface area contributed by atoms with Gasteiger partial charge in [0.15, 0.2) is 0 Å². The fourth-order valence-electron chi connectivity index (χ4n) is 3.62. The molecule has 0 aliphatic carbocycles. The molecule has 0 saturated carbocycles. The number of benzene rings is 3. The number of rotatable bonds is 3. The zero-order valence-corrected chi connectivity index (χ0v) is 15.7. The maximum atomic E-state index is 13.3. The topological polar surface area (TPSA) is 49.4 Å². The number of nitrogens with one attached hydrogen (secondary N) is 1. The Bertz CT molecular complexity index is 1100. The van der Waals surface area contributed by atoms with Gasteiger partial charge in [0.25, 0.3) is 5.91 Å². The van der Waals surface area contributed by atoms with Gasteiger partial charge < -0.3 is 5.32 Å². The summed E-state index contributed by atoms with van der Waals surface area (Å²) in [6, 6.07) is 19.4. The molecule has 7 heteroatoms. The largest absolute Gasteiger partial charge is 0.418 e. The van der Waals surface area contributed by atoms with Crippen molar-refractivity contribution in [3.8, 4) is 0 Å². The Morgan fingerprint density at radius 3 is 2.23 bits per heavy atom. The fourth-order valence-corrected chi connectivity index (χ4v) is 3.62. The highest BCUT2D eigenvalue weighted by Gasteiger charge is 2.40. The second-order valence-electron chi connectivity index (χ2n) is 6.92. The molecule has 0 unspecified atom stereocenters. The van der Waals surface area contributed by atoms with Crippen LogP contribution < -0.4 is 10.2 Å². The molecule has 1 aliphatic rings. The van der Waals surface area contributed by atoms with Crippen molar-refractivity contribution in [2.24, 2.45) is 0 Å². The number of nitrogens with zero attached hydrogens (tertiary/aromatic N) is 1. The first-order valence-electron chi connectivity index (χ1n) is 9.30. The highest BCUT2D eigenvalue weighted by molar-refractivity contribution is 6.13. The molecule has 3 aromatic rings. The molecular formula is C23H17F3N2O2. The van der Waals surface area contributed by atoms with Gasteiger partial charge in [-0.25, -0.2) is 0 Å². The molecule has 1 N–H and O–H groups in total. The van der Waals surface area contributed by atoms with Gasteiger partial charge in [0.2, 0.25) is 5.91 Å². The van der Waals surface area contributed by atoms with Crippen LogP contribution in [0.1, 0.15) is 21.5 Å². The highest BCUT2D eigenvalue weighted by Crippen LogP contribution is 2.37. The van der Waals surface area contributed by atoms with Crippen molar-refractivity contribution in [1.29, 1.82) is 0 Å². The molecule has 1 heterocycles.